The van der Waals surface area contributed by atoms with Crippen LogP contribution in [0.2, 0.25) is 0 Å². The van der Waals surface area contributed by atoms with Gasteiger partial charge in [-0.05, 0) is 43.2 Å². The first-order chi connectivity index (χ1) is 16.8. The number of benzene rings is 1. The molecule has 0 saturated heterocycles. The average Bonchev–Trinajstić information content (AvgIpc) is 2.82. The lowest BCUT2D eigenvalue weighted by molar-refractivity contribution is 0.0997. The van der Waals surface area contributed by atoms with Crippen molar-refractivity contribution in [3.05, 3.63) is 71.6 Å². The largest absolute Gasteiger partial charge is 0.365 e. The Morgan fingerprint density at radius 3 is 2.51 bits per heavy atom. The van der Waals surface area contributed by atoms with Gasteiger partial charge in [-0.2, -0.15) is 0 Å². The van der Waals surface area contributed by atoms with Gasteiger partial charge >= 0.3 is 0 Å². The van der Waals surface area contributed by atoms with Gasteiger partial charge in [0.1, 0.15) is 11.6 Å². The number of nitrogens with two attached hydrogens (primary N) is 2. The number of amides is 2. The van der Waals surface area contributed by atoms with Crippen molar-refractivity contribution < 1.29 is 18.4 Å². The highest BCUT2D eigenvalue weighted by Gasteiger charge is 2.24. The Kier molecular flexibility index (Phi) is 7.16. The van der Waals surface area contributed by atoms with E-state index in [1.807, 2.05) is 0 Å². The number of primary amides is 1. The Hall–Kier alpha value is -4.12. The lowest BCUT2D eigenvalue weighted by atomic mass is 9.91. The number of nitrogens with one attached hydrogen (secondary N) is 3. The molecule has 1 fully saturated rings. The molecule has 0 spiro atoms. The topological polar surface area (TPSA) is 148 Å². The van der Waals surface area contributed by atoms with Gasteiger partial charge in [0.05, 0.1) is 29.3 Å². The molecule has 2 aromatic heterocycles. The predicted molar refractivity (Wildman–Crippen MR) is 128 cm³/mol. The van der Waals surface area contributed by atoms with Gasteiger partial charge in [-0.3, -0.25) is 14.6 Å². The van der Waals surface area contributed by atoms with E-state index in [-0.39, 0.29) is 34.8 Å². The molecule has 0 radical (unpaired) electrons. The highest BCUT2D eigenvalue weighted by molar-refractivity contribution is 6.04. The van der Waals surface area contributed by atoms with Crippen LogP contribution in [0.3, 0.4) is 0 Å². The summed E-state index contributed by atoms with van der Waals surface area (Å²) in [4.78, 5) is 32.7. The molecule has 2 atom stereocenters. The Balaban J connectivity index is 1.56. The lowest BCUT2D eigenvalue weighted by Gasteiger charge is -2.30. The lowest BCUT2D eigenvalue weighted by Crippen LogP contribution is -2.43. The molecule has 35 heavy (non-hydrogen) atoms. The van der Waals surface area contributed by atoms with E-state index in [0.717, 1.165) is 37.8 Å². The van der Waals surface area contributed by atoms with Crippen LogP contribution in [0.25, 0.3) is 0 Å². The van der Waals surface area contributed by atoms with Crippen LogP contribution in [-0.4, -0.2) is 33.9 Å². The smallest absolute Gasteiger partial charge is 0.255 e. The fourth-order valence-corrected chi connectivity index (χ4v) is 3.93. The number of rotatable bonds is 7. The van der Waals surface area contributed by atoms with E-state index in [0.29, 0.717) is 11.4 Å². The fourth-order valence-electron chi connectivity index (χ4n) is 3.93. The number of aromatic nitrogens is 2. The van der Waals surface area contributed by atoms with E-state index < -0.39 is 23.4 Å². The number of anilines is 4. The van der Waals surface area contributed by atoms with Crippen molar-refractivity contribution in [2.45, 2.75) is 37.8 Å². The van der Waals surface area contributed by atoms with Crippen molar-refractivity contribution in [3.8, 4) is 0 Å². The molecule has 0 bridgehead atoms. The number of halogens is 2. The first-order valence-corrected chi connectivity index (χ1v) is 11.1. The van der Waals surface area contributed by atoms with Crippen molar-refractivity contribution in [1.29, 1.82) is 0 Å². The minimum atomic E-state index is -0.872. The summed E-state index contributed by atoms with van der Waals surface area (Å²) in [5, 5.41) is 8.58. The van der Waals surface area contributed by atoms with Crippen LogP contribution in [-0.2, 0) is 0 Å². The minimum Gasteiger partial charge on any atom is -0.365 e. The molecule has 0 aliphatic heterocycles. The SMILES string of the molecule is NC(=O)c1cc(F)c(NC2CCCCC2N)nc1Nc1cncc(NC(=O)c2cccc(F)c2)c1. The number of hydrogen-bond donors (Lipinski definition) is 5. The standard InChI is InChI=1S/C24H25F2N7O2/c25-14-5-3-4-13(8-14)24(35)31-16-9-15(11-29-12-16)30-22-17(21(28)34)10-18(26)23(33-22)32-20-7-2-1-6-19(20)27/h3-5,8-12,19-20H,1-2,6-7,27H2,(H2,28,34)(H,31,35)(H2,30,32,33). The van der Waals surface area contributed by atoms with Gasteiger partial charge in [0.2, 0.25) is 0 Å². The van der Waals surface area contributed by atoms with Gasteiger partial charge in [0.15, 0.2) is 11.6 Å². The maximum Gasteiger partial charge on any atom is 0.255 e. The van der Waals surface area contributed by atoms with E-state index >= 15 is 0 Å². The van der Waals surface area contributed by atoms with Crippen LogP contribution in [0.1, 0.15) is 46.4 Å². The summed E-state index contributed by atoms with van der Waals surface area (Å²) in [6, 6.07) is 7.50. The first kappa shape index (κ1) is 24.0. The molecular weight excluding hydrogens is 456 g/mol. The number of carbonyl (C=O) groups excluding carboxylic acids is 2. The fraction of sp³-hybridized carbons (Fsp3) is 0.250. The minimum absolute atomic E-state index is 0.0150. The molecule has 2 unspecified atom stereocenters. The Bertz CT molecular complexity index is 1250. The summed E-state index contributed by atoms with van der Waals surface area (Å²) in [6.45, 7) is 0. The predicted octanol–water partition coefficient (Wildman–Crippen LogP) is 3.53. The van der Waals surface area contributed by atoms with Crippen LogP contribution >= 0.6 is 0 Å². The van der Waals surface area contributed by atoms with E-state index in [9.17, 15) is 18.4 Å². The highest BCUT2D eigenvalue weighted by atomic mass is 19.1. The third-order valence-corrected chi connectivity index (χ3v) is 5.73. The zero-order valence-electron chi connectivity index (χ0n) is 18.7. The summed E-state index contributed by atoms with van der Waals surface area (Å²) < 4.78 is 28.1. The Morgan fingerprint density at radius 1 is 1.00 bits per heavy atom. The maximum absolute atomic E-state index is 14.7. The number of pyridine rings is 2. The van der Waals surface area contributed by atoms with Gasteiger partial charge in [0, 0.05) is 17.6 Å². The highest BCUT2D eigenvalue weighted by Crippen LogP contribution is 2.27. The maximum atomic E-state index is 14.7. The first-order valence-electron chi connectivity index (χ1n) is 11.1. The van der Waals surface area contributed by atoms with Crippen LogP contribution in [0.5, 0.6) is 0 Å². The van der Waals surface area contributed by atoms with Crippen molar-refractivity contribution in [1.82, 2.24) is 9.97 Å². The van der Waals surface area contributed by atoms with Gasteiger partial charge in [0.25, 0.3) is 11.8 Å². The molecule has 1 aliphatic rings. The van der Waals surface area contributed by atoms with E-state index in [4.69, 9.17) is 11.5 Å². The molecule has 2 amide bonds. The summed E-state index contributed by atoms with van der Waals surface area (Å²) in [5.41, 5.74) is 12.2. The summed E-state index contributed by atoms with van der Waals surface area (Å²) >= 11 is 0. The zero-order chi connectivity index (χ0) is 24.9. The summed E-state index contributed by atoms with van der Waals surface area (Å²) in [7, 11) is 0. The van der Waals surface area contributed by atoms with Gasteiger partial charge < -0.3 is 27.4 Å². The molecule has 1 aromatic carbocycles. The van der Waals surface area contributed by atoms with Crippen molar-refractivity contribution in [2.75, 3.05) is 16.0 Å². The normalized spacial score (nSPS) is 17.5. The Morgan fingerprint density at radius 2 is 1.77 bits per heavy atom. The molecular formula is C24H25F2N7O2. The molecule has 7 N–H and O–H groups in total. The van der Waals surface area contributed by atoms with Crippen LogP contribution in [0.4, 0.5) is 31.8 Å². The van der Waals surface area contributed by atoms with E-state index in [1.54, 1.807) is 0 Å². The van der Waals surface area contributed by atoms with E-state index in [2.05, 4.69) is 25.9 Å². The Labute approximate surface area is 200 Å². The third-order valence-electron chi connectivity index (χ3n) is 5.73. The van der Waals surface area contributed by atoms with Gasteiger partial charge in [-0.1, -0.05) is 18.9 Å². The van der Waals surface area contributed by atoms with Crippen molar-refractivity contribution >= 4 is 34.8 Å². The number of carbonyl (C=O) groups is 2. The van der Waals surface area contributed by atoms with E-state index in [1.165, 1.54) is 36.7 Å². The second kappa shape index (κ2) is 10.4. The molecule has 4 rings (SSSR count). The number of nitrogens with zero attached hydrogens (tertiary/aromatic N) is 2. The van der Waals surface area contributed by atoms with Crippen molar-refractivity contribution in [2.24, 2.45) is 11.5 Å². The van der Waals surface area contributed by atoms with Gasteiger partial charge in [-0.25, -0.2) is 13.8 Å². The van der Waals surface area contributed by atoms with Crippen LogP contribution < -0.4 is 27.4 Å². The van der Waals surface area contributed by atoms with Crippen LogP contribution in [0.15, 0.2) is 48.8 Å². The second-order valence-corrected chi connectivity index (χ2v) is 8.33. The summed E-state index contributed by atoms with van der Waals surface area (Å²) in [5.74, 6) is -2.70. The third kappa shape index (κ3) is 5.87. The van der Waals surface area contributed by atoms with Crippen molar-refractivity contribution in [3.63, 3.8) is 0 Å². The molecule has 2 heterocycles. The average molecular weight is 482 g/mol. The molecule has 11 heteroatoms. The molecule has 9 nitrogen and oxygen atoms in total. The van der Waals surface area contributed by atoms with Gasteiger partial charge in [-0.15, -0.1) is 0 Å². The van der Waals surface area contributed by atoms with Crippen LogP contribution in [0, 0.1) is 11.6 Å². The summed E-state index contributed by atoms with van der Waals surface area (Å²) in [6.07, 6.45) is 6.41. The second-order valence-electron chi connectivity index (χ2n) is 8.33. The molecule has 3 aromatic rings. The quantitative estimate of drug-likeness (QED) is 0.347. The molecule has 182 valence electrons. The number of hydrogen-bond acceptors (Lipinski definition) is 7. The molecule has 1 saturated carbocycles. The zero-order valence-corrected chi connectivity index (χ0v) is 18.7. The molecule has 1 aliphatic carbocycles. The monoisotopic (exact) mass is 481 g/mol.